The Labute approximate surface area is 196 Å². The van der Waals surface area contributed by atoms with Crippen molar-refractivity contribution < 1.29 is 32.2 Å². The fourth-order valence-electron chi connectivity index (χ4n) is 3.94. The number of fused-ring (bicyclic) bond motifs is 1. The number of alkyl halides is 3. The summed E-state index contributed by atoms with van der Waals surface area (Å²) in [5, 5.41) is 13.1. The fourth-order valence-corrected chi connectivity index (χ4v) is 3.94. The maximum atomic E-state index is 13.4. The monoisotopic (exact) mass is 494 g/mol. The molecule has 0 spiro atoms. The molecule has 0 unspecified atom stereocenters. The van der Waals surface area contributed by atoms with E-state index in [9.17, 15) is 32.3 Å². The molecule has 3 aromatic rings. The lowest BCUT2D eigenvalue weighted by Gasteiger charge is -2.26. The molecular formula is C23H22F4N4O4. The van der Waals surface area contributed by atoms with E-state index < -0.39 is 40.3 Å². The predicted octanol–water partition coefficient (Wildman–Crippen LogP) is 2.44. The number of H-pyrrole nitrogens is 1. The molecule has 1 aliphatic rings. The minimum Gasteiger partial charge on any atom is -0.505 e. The Morgan fingerprint density at radius 2 is 1.97 bits per heavy atom. The summed E-state index contributed by atoms with van der Waals surface area (Å²) in [5.74, 6) is -2.41. The highest BCUT2D eigenvalue weighted by Crippen LogP contribution is 2.34. The van der Waals surface area contributed by atoms with Crippen LogP contribution in [-0.4, -0.2) is 65.3 Å². The van der Waals surface area contributed by atoms with Crippen molar-refractivity contribution in [3.63, 3.8) is 0 Å². The average Bonchev–Trinajstić information content (AvgIpc) is 2.80. The molecule has 186 valence electrons. The second-order valence-electron chi connectivity index (χ2n) is 8.10. The molecule has 0 bridgehead atoms. The molecule has 0 aliphatic carbocycles. The number of nitrogens with zero attached hydrogens (tertiary/aromatic N) is 2. The zero-order chi connectivity index (χ0) is 25.2. The minimum absolute atomic E-state index is 0.0468. The van der Waals surface area contributed by atoms with Gasteiger partial charge in [0.25, 0.3) is 11.5 Å². The summed E-state index contributed by atoms with van der Waals surface area (Å²) in [6.07, 6.45) is -3.77. The van der Waals surface area contributed by atoms with Crippen molar-refractivity contribution in [1.29, 1.82) is 0 Å². The number of rotatable bonds is 6. The molecular weight excluding hydrogens is 472 g/mol. The first kappa shape index (κ1) is 24.6. The number of aromatic nitrogens is 2. The summed E-state index contributed by atoms with van der Waals surface area (Å²) in [4.78, 5) is 33.7. The SMILES string of the molecule is O=C(NCCN1CCOCC1)c1c(O)c2ncc(Cc3ccc(F)cc3C(F)(F)F)cc2[nH]c1=O. The third kappa shape index (κ3) is 5.60. The van der Waals surface area contributed by atoms with E-state index in [2.05, 4.69) is 20.2 Å². The van der Waals surface area contributed by atoms with E-state index in [1.807, 2.05) is 0 Å². The van der Waals surface area contributed by atoms with Crippen LogP contribution in [0.3, 0.4) is 0 Å². The third-order valence-electron chi connectivity index (χ3n) is 5.70. The number of nitrogens with one attached hydrogen (secondary N) is 2. The lowest BCUT2D eigenvalue weighted by atomic mass is 9.99. The van der Waals surface area contributed by atoms with Gasteiger partial charge in [-0.25, -0.2) is 4.39 Å². The van der Waals surface area contributed by atoms with Gasteiger partial charge in [-0.1, -0.05) is 6.07 Å². The Bertz CT molecular complexity index is 1300. The van der Waals surface area contributed by atoms with Crippen molar-refractivity contribution in [2.24, 2.45) is 0 Å². The van der Waals surface area contributed by atoms with Crippen LogP contribution in [0.4, 0.5) is 17.6 Å². The first-order valence-electron chi connectivity index (χ1n) is 10.8. The third-order valence-corrected chi connectivity index (χ3v) is 5.70. The first-order valence-corrected chi connectivity index (χ1v) is 10.8. The van der Waals surface area contributed by atoms with Crippen molar-refractivity contribution in [3.05, 3.63) is 68.9 Å². The van der Waals surface area contributed by atoms with E-state index in [0.717, 1.165) is 25.2 Å². The molecule has 12 heteroatoms. The van der Waals surface area contributed by atoms with E-state index in [-0.39, 0.29) is 35.1 Å². The van der Waals surface area contributed by atoms with Crippen molar-refractivity contribution in [1.82, 2.24) is 20.2 Å². The number of aromatic amines is 1. The lowest BCUT2D eigenvalue weighted by Crippen LogP contribution is -2.42. The Hall–Kier alpha value is -3.51. The summed E-state index contributed by atoms with van der Waals surface area (Å²) < 4.78 is 58.5. The summed E-state index contributed by atoms with van der Waals surface area (Å²) in [7, 11) is 0. The van der Waals surface area contributed by atoms with Gasteiger partial charge in [-0.15, -0.1) is 0 Å². The molecule has 0 atom stereocenters. The number of aromatic hydroxyl groups is 1. The number of carbonyl (C=O) groups excluding carboxylic acids is 1. The van der Waals surface area contributed by atoms with Crippen LogP contribution in [0.1, 0.15) is 27.0 Å². The molecule has 2 aromatic heterocycles. The molecule has 1 amide bonds. The van der Waals surface area contributed by atoms with Gasteiger partial charge in [0, 0.05) is 32.4 Å². The van der Waals surface area contributed by atoms with Gasteiger partial charge in [0.1, 0.15) is 16.9 Å². The molecule has 1 saturated heterocycles. The van der Waals surface area contributed by atoms with Crippen LogP contribution in [0.15, 0.2) is 35.3 Å². The van der Waals surface area contributed by atoms with E-state index in [4.69, 9.17) is 4.74 Å². The minimum atomic E-state index is -4.75. The first-order chi connectivity index (χ1) is 16.6. The molecule has 1 aromatic carbocycles. The molecule has 0 saturated carbocycles. The van der Waals surface area contributed by atoms with Crippen LogP contribution in [0, 0.1) is 5.82 Å². The van der Waals surface area contributed by atoms with E-state index in [0.29, 0.717) is 25.8 Å². The summed E-state index contributed by atoms with van der Waals surface area (Å²) in [6, 6.07) is 3.73. The van der Waals surface area contributed by atoms with Gasteiger partial charge < -0.3 is 20.1 Å². The van der Waals surface area contributed by atoms with Crippen LogP contribution in [-0.2, 0) is 17.3 Å². The maximum absolute atomic E-state index is 13.4. The molecule has 1 aliphatic heterocycles. The van der Waals surface area contributed by atoms with E-state index >= 15 is 0 Å². The largest absolute Gasteiger partial charge is 0.505 e. The van der Waals surface area contributed by atoms with Crippen LogP contribution in [0.2, 0.25) is 0 Å². The Morgan fingerprint density at radius 3 is 2.69 bits per heavy atom. The number of amides is 1. The zero-order valence-corrected chi connectivity index (χ0v) is 18.4. The van der Waals surface area contributed by atoms with E-state index in [1.54, 1.807) is 0 Å². The van der Waals surface area contributed by atoms with Crippen LogP contribution in [0.5, 0.6) is 5.75 Å². The molecule has 3 heterocycles. The predicted molar refractivity (Wildman–Crippen MR) is 118 cm³/mol. The maximum Gasteiger partial charge on any atom is 0.416 e. The second kappa shape index (κ2) is 10.0. The highest BCUT2D eigenvalue weighted by atomic mass is 19.4. The van der Waals surface area contributed by atoms with Crippen molar-refractivity contribution in [2.45, 2.75) is 12.6 Å². The molecule has 8 nitrogen and oxygen atoms in total. The second-order valence-corrected chi connectivity index (χ2v) is 8.10. The summed E-state index contributed by atoms with van der Waals surface area (Å²) >= 11 is 0. The standard InChI is InChI=1S/C23H22F4N4O4/c24-15-2-1-14(16(11-15)23(25,26)27)9-13-10-17-19(29-12-13)20(32)18(22(34)30-17)21(33)28-3-4-31-5-7-35-8-6-31/h1-2,10-12H,3-9H2,(H,28,33)(H2,30,32,34). The number of hydrogen-bond acceptors (Lipinski definition) is 6. The number of hydrogen-bond donors (Lipinski definition) is 3. The Balaban J connectivity index is 1.55. The normalized spacial score (nSPS) is 14.9. The number of halogens is 4. The van der Waals surface area contributed by atoms with Gasteiger partial charge in [0.15, 0.2) is 5.75 Å². The quantitative estimate of drug-likeness (QED) is 0.455. The highest BCUT2D eigenvalue weighted by molar-refractivity contribution is 6.01. The fraction of sp³-hybridized carbons (Fsp3) is 0.348. The summed E-state index contributed by atoms with van der Waals surface area (Å²) in [5.41, 5.74) is -2.41. The van der Waals surface area contributed by atoms with Crippen molar-refractivity contribution >= 4 is 16.9 Å². The molecule has 0 radical (unpaired) electrons. The van der Waals surface area contributed by atoms with Gasteiger partial charge in [0.05, 0.1) is 24.3 Å². The number of ether oxygens (including phenoxy) is 1. The summed E-state index contributed by atoms with van der Waals surface area (Å²) in [6.45, 7) is 3.46. The van der Waals surface area contributed by atoms with Gasteiger partial charge in [0.2, 0.25) is 0 Å². The van der Waals surface area contributed by atoms with E-state index in [1.165, 1.54) is 12.3 Å². The van der Waals surface area contributed by atoms with Crippen LogP contribution >= 0.6 is 0 Å². The van der Waals surface area contributed by atoms with Gasteiger partial charge in [-0.2, -0.15) is 13.2 Å². The number of morpholine rings is 1. The van der Waals surface area contributed by atoms with Gasteiger partial charge in [-0.3, -0.25) is 19.5 Å². The topological polar surface area (TPSA) is 108 Å². The number of carbonyl (C=O) groups is 1. The van der Waals surface area contributed by atoms with Gasteiger partial charge >= 0.3 is 6.18 Å². The lowest BCUT2D eigenvalue weighted by molar-refractivity contribution is -0.138. The van der Waals surface area contributed by atoms with Gasteiger partial charge in [-0.05, 0) is 35.7 Å². The Kier molecular flexibility index (Phi) is 7.03. The van der Waals surface area contributed by atoms with Crippen LogP contribution < -0.4 is 10.9 Å². The molecule has 1 fully saturated rings. The average molecular weight is 494 g/mol. The molecule has 35 heavy (non-hydrogen) atoms. The van der Waals surface area contributed by atoms with Crippen LogP contribution in [0.25, 0.3) is 11.0 Å². The molecule has 4 rings (SSSR count). The molecule has 3 N–H and O–H groups in total. The Morgan fingerprint density at radius 1 is 1.23 bits per heavy atom. The zero-order valence-electron chi connectivity index (χ0n) is 18.4. The van der Waals surface area contributed by atoms with Crippen molar-refractivity contribution in [2.75, 3.05) is 39.4 Å². The number of pyridine rings is 2. The van der Waals surface area contributed by atoms with Crippen molar-refractivity contribution in [3.8, 4) is 5.75 Å². The smallest absolute Gasteiger partial charge is 0.416 e. The number of benzene rings is 1. The highest BCUT2D eigenvalue weighted by Gasteiger charge is 2.33.